The molecule has 3 fully saturated rings. The molecule has 32 heavy (non-hydrogen) atoms. The van der Waals surface area contributed by atoms with Crippen LogP contribution in [0.5, 0.6) is 0 Å². The molecule has 0 bridgehead atoms. The third-order valence-corrected chi connectivity index (χ3v) is 7.03. The van der Waals surface area contributed by atoms with Crippen LogP contribution in [0.1, 0.15) is 74.6 Å². The fraction of sp³-hybridized carbons (Fsp3) is 0.739. The number of nitrogens with zero attached hydrogens (tertiary/aromatic N) is 4. The number of fused-ring (bicyclic) bond motifs is 3. The van der Waals surface area contributed by atoms with Gasteiger partial charge in [0.25, 0.3) is 0 Å². The van der Waals surface area contributed by atoms with Crippen molar-refractivity contribution in [3.63, 3.8) is 0 Å². The van der Waals surface area contributed by atoms with Crippen LogP contribution in [0.2, 0.25) is 0 Å². The molecule has 3 aliphatic carbocycles. The summed E-state index contributed by atoms with van der Waals surface area (Å²) in [5.41, 5.74) is 1.56. The molecule has 2 saturated carbocycles. The van der Waals surface area contributed by atoms with E-state index in [-0.39, 0.29) is 24.1 Å². The number of esters is 1. The molecule has 9 heteroatoms. The van der Waals surface area contributed by atoms with E-state index in [9.17, 15) is 14.4 Å². The Morgan fingerprint density at radius 3 is 2.59 bits per heavy atom. The topological polar surface area (TPSA) is 94.0 Å². The summed E-state index contributed by atoms with van der Waals surface area (Å²) >= 11 is 0. The first-order valence-corrected chi connectivity index (χ1v) is 11.7. The van der Waals surface area contributed by atoms with Crippen molar-refractivity contribution in [2.75, 3.05) is 26.2 Å². The van der Waals surface area contributed by atoms with Gasteiger partial charge in [0.1, 0.15) is 12.1 Å². The number of carbonyl (C=O) groups is 3. The summed E-state index contributed by atoms with van der Waals surface area (Å²) in [6.07, 6.45) is 3.41. The number of carbonyl (C=O) groups excluding carboxylic acids is 3. The highest BCUT2D eigenvalue weighted by molar-refractivity contribution is 5.90. The molecule has 1 aromatic heterocycles. The minimum atomic E-state index is -0.543. The number of ether oxygens (including phenoxy) is 2. The molecular weight excluding hydrogens is 412 g/mol. The van der Waals surface area contributed by atoms with Gasteiger partial charge >= 0.3 is 12.1 Å². The zero-order valence-corrected chi connectivity index (χ0v) is 19.3. The first-order chi connectivity index (χ1) is 15.1. The predicted molar refractivity (Wildman–Crippen MR) is 114 cm³/mol. The monoisotopic (exact) mass is 444 g/mol. The lowest BCUT2D eigenvalue weighted by atomic mass is 10.1. The van der Waals surface area contributed by atoms with E-state index in [1.807, 2.05) is 25.7 Å². The van der Waals surface area contributed by atoms with Crippen LogP contribution in [0.4, 0.5) is 4.79 Å². The molecule has 2 atom stereocenters. The summed E-state index contributed by atoms with van der Waals surface area (Å²) in [4.78, 5) is 41.9. The molecule has 2 amide bonds. The van der Waals surface area contributed by atoms with Crippen LogP contribution in [-0.4, -0.2) is 74.9 Å². The maximum Gasteiger partial charge on any atom is 0.410 e. The maximum atomic E-state index is 13.3. The molecule has 174 valence electrons. The molecule has 1 saturated heterocycles. The number of amides is 2. The zero-order valence-electron chi connectivity index (χ0n) is 19.3. The molecule has 2 heterocycles. The molecule has 1 aromatic rings. The minimum Gasteiger partial charge on any atom is -0.461 e. The number of hydrogen-bond acceptors (Lipinski definition) is 6. The second-order valence-electron chi connectivity index (χ2n) is 10.6. The summed E-state index contributed by atoms with van der Waals surface area (Å²) in [5.74, 6) is 0.560. The summed E-state index contributed by atoms with van der Waals surface area (Å²) in [7, 11) is 0. The van der Waals surface area contributed by atoms with Gasteiger partial charge in [0.2, 0.25) is 5.91 Å². The Bertz CT molecular complexity index is 974. The number of rotatable bonds is 4. The van der Waals surface area contributed by atoms with Crippen LogP contribution in [-0.2, 0) is 27.2 Å². The summed E-state index contributed by atoms with van der Waals surface area (Å²) < 4.78 is 12.5. The Morgan fingerprint density at radius 2 is 1.94 bits per heavy atom. The van der Waals surface area contributed by atoms with Crippen LogP contribution in [0.3, 0.4) is 0 Å². The van der Waals surface area contributed by atoms with Gasteiger partial charge in [0.15, 0.2) is 5.69 Å². The van der Waals surface area contributed by atoms with Crippen LogP contribution in [0.15, 0.2) is 0 Å². The smallest absolute Gasteiger partial charge is 0.410 e. The first kappa shape index (κ1) is 21.3. The average molecular weight is 445 g/mol. The van der Waals surface area contributed by atoms with E-state index in [0.717, 1.165) is 36.9 Å². The van der Waals surface area contributed by atoms with E-state index in [1.54, 1.807) is 16.5 Å². The Hall–Kier alpha value is -2.58. The van der Waals surface area contributed by atoms with Crippen molar-refractivity contribution in [1.29, 1.82) is 0 Å². The standard InChI is InChI=1S/C23H32N4O5/c1-5-31-20(29)19-18-15-10-14(15)11-16(18)27(24-19)12-17(28)26-9-8-25(13-23(26)6-7-23)21(30)32-22(2,3)4/h14-15H,5-13H2,1-4H3. The lowest BCUT2D eigenvalue weighted by molar-refractivity contribution is -0.138. The van der Waals surface area contributed by atoms with Gasteiger partial charge < -0.3 is 19.3 Å². The largest absolute Gasteiger partial charge is 0.461 e. The SMILES string of the molecule is CCOC(=O)c1nn(CC(=O)N2CCN(C(=O)OC(C)(C)C)CC23CC3)c2c1C1CC1C2. The first-order valence-electron chi connectivity index (χ1n) is 11.7. The average Bonchev–Trinajstić information content (AvgIpc) is 3.58. The second kappa shape index (κ2) is 7.22. The Kier molecular flexibility index (Phi) is 4.80. The van der Waals surface area contributed by atoms with E-state index in [4.69, 9.17) is 9.47 Å². The van der Waals surface area contributed by atoms with Gasteiger partial charge in [0, 0.05) is 30.9 Å². The van der Waals surface area contributed by atoms with E-state index >= 15 is 0 Å². The van der Waals surface area contributed by atoms with Crippen LogP contribution >= 0.6 is 0 Å². The lowest BCUT2D eigenvalue weighted by Crippen LogP contribution is -2.59. The van der Waals surface area contributed by atoms with Gasteiger partial charge in [-0.05, 0) is 65.2 Å². The molecule has 1 aliphatic heterocycles. The molecule has 0 N–H and O–H groups in total. The number of hydrogen-bond donors (Lipinski definition) is 0. The van der Waals surface area contributed by atoms with E-state index in [1.165, 1.54) is 0 Å². The van der Waals surface area contributed by atoms with Crippen molar-refractivity contribution in [2.24, 2.45) is 5.92 Å². The molecular formula is C23H32N4O5. The normalized spacial score (nSPS) is 24.8. The third kappa shape index (κ3) is 3.65. The van der Waals surface area contributed by atoms with E-state index < -0.39 is 11.6 Å². The van der Waals surface area contributed by atoms with Crippen molar-refractivity contribution in [1.82, 2.24) is 19.6 Å². The van der Waals surface area contributed by atoms with Gasteiger partial charge in [-0.3, -0.25) is 9.48 Å². The molecule has 5 rings (SSSR count). The maximum absolute atomic E-state index is 13.3. The zero-order chi connectivity index (χ0) is 22.8. The van der Waals surface area contributed by atoms with Crippen molar-refractivity contribution < 1.29 is 23.9 Å². The van der Waals surface area contributed by atoms with Crippen molar-refractivity contribution in [2.45, 2.75) is 77.0 Å². The van der Waals surface area contributed by atoms with Crippen molar-refractivity contribution in [3.8, 4) is 0 Å². The van der Waals surface area contributed by atoms with Crippen molar-refractivity contribution >= 4 is 18.0 Å². The summed E-state index contributed by atoms with van der Waals surface area (Å²) in [5, 5.41) is 4.52. The quantitative estimate of drug-likeness (QED) is 0.662. The highest BCUT2D eigenvalue weighted by atomic mass is 16.6. The second-order valence-corrected chi connectivity index (χ2v) is 10.6. The van der Waals surface area contributed by atoms with Gasteiger partial charge in [-0.25, -0.2) is 9.59 Å². The fourth-order valence-electron chi connectivity index (χ4n) is 5.31. The van der Waals surface area contributed by atoms with Gasteiger partial charge in [-0.1, -0.05) is 0 Å². The van der Waals surface area contributed by atoms with Gasteiger partial charge in [-0.15, -0.1) is 0 Å². The van der Waals surface area contributed by atoms with E-state index in [2.05, 4.69) is 5.10 Å². The Balaban J connectivity index is 1.30. The molecule has 0 radical (unpaired) electrons. The molecule has 4 aliphatic rings. The lowest BCUT2D eigenvalue weighted by Gasteiger charge is -2.42. The predicted octanol–water partition coefficient (Wildman–Crippen LogP) is 2.33. The van der Waals surface area contributed by atoms with Crippen LogP contribution < -0.4 is 0 Å². The third-order valence-electron chi connectivity index (χ3n) is 7.03. The van der Waals surface area contributed by atoms with Crippen LogP contribution in [0.25, 0.3) is 0 Å². The minimum absolute atomic E-state index is 0.00683. The fourth-order valence-corrected chi connectivity index (χ4v) is 5.31. The number of piperazine rings is 1. The van der Waals surface area contributed by atoms with Crippen LogP contribution in [0, 0.1) is 5.92 Å². The highest BCUT2D eigenvalue weighted by Crippen LogP contribution is 2.57. The Labute approximate surface area is 188 Å². The Morgan fingerprint density at radius 1 is 1.19 bits per heavy atom. The van der Waals surface area contributed by atoms with Gasteiger partial charge in [-0.2, -0.15) is 5.10 Å². The number of aromatic nitrogens is 2. The molecule has 1 spiro atoms. The van der Waals surface area contributed by atoms with Crippen molar-refractivity contribution in [3.05, 3.63) is 17.0 Å². The molecule has 2 unspecified atom stereocenters. The highest BCUT2D eigenvalue weighted by Gasteiger charge is 2.55. The molecule has 0 aromatic carbocycles. The molecule has 9 nitrogen and oxygen atoms in total. The summed E-state index contributed by atoms with van der Waals surface area (Å²) in [6, 6.07) is 0. The summed E-state index contributed by atoms with van der Waals surface area (Å²) in [6.45, 7) is 9.22. The van der Waals surface area contributed by atoms with E-state index in [0.29, 0.717) is 43.8 Å². The van der Waals surface area contributed by atoms with Gasteiger partial charge in [0.05, 0.1) is 12.1 Å².